The molecule has 0 atom stereocenters. The Balaban J connectivity index is 3.59. The van der Waals surface area contributed by atoms with Crippen molar-refractivity contribution in [2.24, 2.45) is 27.2 Å². The average molecular weight is 348 g/mol. The molecule has 122 valence electrons. The van der Waals surface area contributed by atoms with E-state index in [9.17, 15) is 26.3 Å². The first-order valence-corrected chi connectivity index (χ1v) is 5.62. The Kier molecular flexibility index (Phi) is 4.80. The summed E-state index contributed by atoms with van der Waals surface area (Å²) < 4.78 is 76.5. The Labute approximate surface area is 124 Å². The first kappa shape index (κ1) is 17.9. The number of hydrogen-bond donors (Lipinski definition) is 3. The predicted molar refractivity (Wildman–Crippen MR) is 68.5 cm³/mol. The molecule has 0 aliphatic rings. The summed E-state index contributed by atoms with van der Waals surface area (Å²) in [5.41, 5.74) is 10.9. The lowest BCUT2D eigenvalue weighted by atomic mass is 10.1. The fourth-order valence-corrected chi connectivity index (χ4v) is 1.70. The van der Waals surface area contributed by atoms with E-state index in [4.69, 9.17) is 28.8 Å². The molecule has 0 aliphatic carbocycles. The fourth-order valence-electron chi connectivity index (χ4n) is 1.38. The first-order valence-electron chi connectivity index (χ1n) is 5.24. The van der Waals surface area contributed by atoms with Crippen molar-refractivity contribution in [2.45, 2.75) is 12.4 Å². The number of rotatable bonds is 1. The maximum Gasteiger partial charge on any atom is 0.417 e. The highest BCUT2D eigenvalue weighted by molar-refractivity contribution is 6.32. The number of aliphatic imine (C=N–C) groups is 2. The largest absolute Gasteiger partial charge is 0.417 e. The van der Waals surface area contributed by atoms with Crippen LogP contribution in [0.3, 0.4) is 0 Å². The van der Waals surface area contributed by atoms with Gasteiger partial charge in [0.2, 0.25) is 5.96 Å². The Morgan fingerprint density at radius 1 is 0.909 bits per heavy atom. The van der Waals surface area contributed by atoms with Crippen LogP contribution in [-0.4, -0.2) is 11.9 Å². The third-order valence-electron chi connectivity index (χ3n) is 2.16. The van der Waals surface area contributed by atoms with Gasteiger partial charge in [0.05, 0.1) is 21.8 Å². The lowest BCUT2D eigenvalue weighted by Gasteiger charge is -2.15. The van der Waals surface area contributed by atoms with E-state index in [1.807, 2.05) is 0 Å². The van der Waals surface area contributed by atoms with E-state index >= 15 is 0 Å². The molecule has 0 saturated carbocycles. The van der Waals surface area contributed by atoms with Crippen molar-refractivity contribution < 1.29 is 26.3 Å². The summed E-state index contributed by atoms with van der Waals surface area (Å²) in [7, 11) is 0. The van der Waals surface area contributed by atoms with Crippen LogP contribution in [0.5, 0.6) is 0 Å². The van der Waals surface area contributed by atoms with Crippen LogP contribution in [0.4, 0.5) is 32.0 Å². The molecule has 5 nitrogen and oxygen atoms in total. The second-order valence-corrected chi connectivity index (χ2v) is 4.24. The van der Waals surface area contributed by atoms with Crippen LogP contribution >= 0.6 is 11.6 Å². The summed E-state index contributed by atoms with van der Waals surface area (Å²) in [5.74, 6) is -1.29. The lowest BCUT2D eigenvalue weighted by Crippen LogP contribution is -2.26. The number of nitrogens with zero attached hydrogens (tertiary/aromatic N) is 2. The number of benzene rings is 1. The monoisotopic (exact) mass is 347 g/mol. The zero-order valence-electron chi connectivity index (χ0n) is 10.4. The molecule has 12 heteroatoms. The molecule has 1 aromatic rings. The van der Waals surface area contributed by atoms with Crippen LogP contribution in [0, 0.1) is 0 Å². The molecule has 0 spiro atoms. The molecule has 0 aromatic heterocycles. The van der Waals surface area contributed by atoms with E-state index in [1.165, 1.54) is 0 Å². The van der Waals surface area contributed by atoms with E-state index < -0.39 is 46.1 Å². The standard InChI is InChI=1S/C10H8ClF6N5/c11-6-4(9(12,13)14)1-3(2-5(6)10(15,16)17)21-8(20)22-7(18)19/h1-2H,(H6,18,19,20,21,22). The van der Waals surface area contributed by atoms with Crippen LogP contribution in [-0.2, 0) is 12.4 Å². The van der Waals surface area contributed by atoms with Gasteiger partial charge in [-0.05, 0) is 12.1 Å². The first-order chi connectivity index (χ1) is 9.82. The molecule has 1 aromatic carbocycles. The molecule has 0 radical (unpaired) electrons. The summed E-state index contributed by atoms with van der Waals surface area (Å²) in [6.07, 6.45) is -10.2. The molecule has 0 heterocycles. The maximum atomic E-state index is 12.7. The number of hydrogen-bond acceptors (Lipinski definition) is 1. The Hall–Kier alpha value is -2.17. The molecule has 22 heavy (non-hydrogen) atoms. The van der Waals surface area contributed by atoms with Gasteiger partial charge in [0, 0.05) is 0 Å². The molecular weight excluding hydrogens is 340 g/mol. The fraction of sp³-hybridized carbons (Fsp3) is 0.200. The number of halogens is 7. The number of nitrogens with two attached hydrogens (primary N) is 3. The van der Waals surface area contributed by atoms with Gasteiger partial charge in [-0.3, -0.25) is 0 Å². The second-order valence-electron chi connectivity index (χ2n) is 3.86. The molecule has 0 unspecified atom stereocenters. The molecule has 0 amide bonds. The lowest BCUT2D eigenvalue weighted by molar-refractivity contribution is -0.142. The second kappa shape index (κ2) is 5.91. The van der Waals surface area contributed by atoms with E-state index in [0.29, 0.717) is 12.1 Å². The van der Waals surface area contributed by atoms with Gasteiger partial charge in [-0.15, -0.1) is 0 Å². The number of alkyl halides is 6. The highest BCUT2D eigenvalue weighted by Crippen LogP contribution is 2.44. The van der Waals surface area contributed by atoms with Gasteiger partial charge in [-0.2, -0.15) is 31.3 Å². The summed E-state index contributed by atoms with van der Waals surface area (Å²) in [5, 5.41) is -1.49. The molecule has 0 aliphatic heterocycles. The van der Waals surface area contributed by atoms with Crippen molar-refractivity contribution in [3.05, 3.63) is 28.3 Å². The minimum absolute atomic E-state index is 0.298. The summed E-state index contributed by atoms with van der Waals surface area (Å²) in [6, 6.07) is 0.597. The van der Waals surface area contributed by atoms with Crippen LogP contribution in [0.1, 0.15) is 11.1 Å². The maximum absolute atomic E-state index is 12.7. The molecular formula is C10H8ClF6N5. The van der Waals surface area contributed by atoms with Gasteiger partial charge >= 0.3 is 12.4 Å². The summed E-state index contributed by atoms with van der Waals surface area (Å²) in [4.78, 5) is 6.46. The molecule has 6 N–H and O–H groups in total. The third kappa shape index (κ3) is 4.41. The zero-order chi connectivity index (χ0) is 17.3. The molecule has 1 rings (SSSR count). The van der Waals surface area contributed by atoms with Gasteiger partial charge in [0.1, 0.15) is 0 Å². The average Bonchev–Trinajstić information content (AvgIpc) is 2.26. The SMILES string of the molecule is NC(N)=NC(N)=Nc1cc(C(F)(F)F)c(Cl)c(C(F)(F)F)c1. The van der Waals surface area contributed by atoms with E-state index in [0.717, 1.165) is 0 Å². The normalized spacial score (nSPS) is 13.1. The van der Waals surface area contributed by atoms with E-state index in [-0.39, 0.29) is 0 Å². The van der Waals surface area contributed by atoms with Gasteiger partial charge in [0.25, 0.3) is 0 Å². The third-order valence-corrected chi connectivity index (χ3v) is 2.56. The summed E-state index contributed by atoms with van der Waals surface area (Å²) >= 11 is 5.18. The minimum Gasteiger partial charge on any atom is -0.370 e. The van der Waals surface area contributed by atoms with Crippen molar-refractivity contribution in [3.8, 4) is 0 Å². The van der Waals surface area contributed by atoms with Gasteiger partial charge in [0.15, 0.2) is 5.96 Å². The van der Waals surface area contributed by atoms with Crippen molar-refractivity contribution >= 4 is 29.2 Å². The topological polar surface area (TPSA) is 103 Å². The van der Waals surface area contributed by atoms with Crippen molar-refractivity contribution in [1.82, 2.24) is 0 Å². The van der Waals surface area contributed by atoms with Crippen LogP contribution in [0.25, 0.3) is 0 Å². The smallest absolute Gasteiger partial charge is 0.370 e. The van der Waals surface area contributed by atoms with E-state index in [2.05, 4.69) is 9.98 Å². The van der Waals surface area contributed by atoms with Crippen molar-refractivity contribution in [1.29, 1.82) is 0 Å². The molecule has 0 saturated heterocycles. The van der Waals surface area contributed by atoms with E-state index in [1.54, 1.807) is 0 Å². The highest BCUT2D eigenvalue weighted by atomic mass is 35.5. The summed E-state index contributed by atoms with van der Waals surface area (Å²) in [6.45, 7) is 0. The van der Waals surface area contributed by atoms with Crippen LogP contribution in [0.15, 0.2) is 22.1 Å². The van der Waals surface area contributed by atoms with Crippen molar-refractivity contribution in [3.63, 3.8) is 0 Å². The quantitative estimate of drug-likeness (QED) is 0.413. The Bertz CT molecular complexity index is 595. The number of guanidine groups is 2. The minimum atomic E-state index is -5.12. The van der Waals surface area contributed by atoms with Gasteiger partial charge in [-0.1, -0.05) is 11.6 Å². The predicted octanol–water partition coefficient (Wildman–Crippen LogP) is 2.60. The molecule has 0 fully saturated rings. The van der Waals surface area contributed by atoms with Gasteiger partial charge in [-0.25, -0.2) is 4.99 Å². The highest BCUT2D eigenvalue weighted by Gasteiger charge is 2.41. The Morgan fingerprint density at radius 2 is 1.32 bits per heavy atom. The zero-order valence-corrected chi connectivity index (χ0v) is 11.2. The Morgan fingerprint density at radius 3 is 1.64 bits per heavy atom. The van der Waals surface area contributed by atoms with Gasteiger partial charge < -0.3 is 17.2 Å². The van der Waals surface area contributed by atoms with Crippen LogP contribution < -0.4 is 17.2 Å². The van der Waals surface area contributed by atoms with Crippen molar-refractivity contribution in [2.75, 3.05) is 0 Å². The molecule has 0 bridgehead atoms. The van der Waals surface area contributed by atoms with Crippen LogP contribution in [0.2, 0.25) is 5.02 Å².